The molecule has 0 saturated carbocycles. The van der Waals surface area contributed by atoms with Gasteiger partial charge in [-0.05, 0) is 47.5 Å². The van der Waals surface area contributed by atoms with Gasteiger partial charge in [0.1, 0.15) is 6.61 Å². The van der Waals surface area contributed by atoms with Crippen molar-refractivity contribution in [2.75, 3.05) is 12.4 Å². The number of ether oxygens (including phenoxy) is 2. The normalized spacial score (nSPS) is 10.6. The number of carbonyl (C=O) groups excluding carboxylic acids is 2. The zero-order valence-corrected chi connectivity index (χ0v) is 18.5. The van der Waals surface area contributed by atoms with Crippen LogP contribution in [0.4, 0.5) is 5.69 Å². The minimum absolute atomic E-state index is 0.294. The first-order valence-electron chi connectivity index (χ1n) is 9.40. The van der Waals surface area contributed by atoms with Crippen molar-refractivity contribution in [3.8, 4) is 11.5 Å². The van der Waals surface area contributed by atoms with Crippen LogP contribution in [-0.2, 0) is 16.2 Å². The van der Waals surface area contributed by atoms with Gasteiger partial charge in [0.15, 0.2) is 11.5 Å². The van der Waals surface area contributed by atoms with Crippen LogP contribution >= 0.6 is 23.2 Å². The lowest BCUT2D eigenvalue weighted by Crippen LogP contribution is -2.32. The molecule has 3 aromatic carbocycles. The number of anilines is 1. The summed E-state index contributed by atoms with van der Waals surface area (Å²) in [7, 11) is 1.53. The Hall–Kier alpha value is -3.55. The average Bonchev–Trinajstić information content (AvgIpc) is 2.78. The fourth-order valence-corrected chi connectivity index (χ4v) is 3.18. The summed E-state index contributed by atoms with van der Waals surface area (Å²) in [4.78, 5) is 23.9. The summed E-state index contributed by atoms with van der Waals surface area (Å²) in [5.74, 6) is -0.793. The number of amides is 2. The Morgan fingerprint density at radius 2 is 1.66 bits per heavy atom. The van der Waals surface area contributed by atoms with E-state index in [1.54, 1.807) is 18.2 Å². The predicted molar refractivity (Wildman–Crippen MR) is 125 cm³/mol. The third kappa shape index (κ3) is 6.73. The molecule has 0 spiro atoms. The summed E-state index contributed by atoms with van der Waals surface area (Å²) >= 11 is 11.7. The van der Waals surface area contributed by atoms with Crippen molar-refractivity contribution >= 4 is 46.9 Å². The van der Waals surface area contributed by atoms with Crippen LogP contribution < -0.4 is 20.2 Å². The van der Waals surface area contributed by atoms with Gasteiger partial charge >= 0.3 is 11.8 Å². The van der Waals surface area contributed by atoms with E-state index < -0.39 is 11.8 Å². The van der Waals surface area contributed by atoms with Gasteiger partial charge in [0, 0.05) is 15.7 Å². The van der Waals surface area contributed by atoms with Gasteiger partial charge in [-0.1, -0.05) is 53.5 Å². The number of halogens is 2. The number of hydrogen-bond acceptors (Lipinski definition) is 5. The number of carbonyl (C=O) groups is 2. The molecule has 2 N–H and O–H groups in total. The minimum Gasteiger partial charge on any atom is -0.493 e. The fraction of sp³-hybridized carbons (Fsp3) is 0.0870. The van der Waals surface area contributed by atoms with E-state index in [-0.39, 0.29) is 0 Å². The number of hydrogen-bond donors (Lipinski definition) is 2. The maximum Gasteiger partial charge on any atom is 0.329 e. The lowest BCUT2D eigenvalue weighted by atomic mass is 10.2. The molecule has 0 aliphatic carbocycles. The third-order valence-corrected chi connectivity index (χ3v) is 4.57. The second-order valence-electron chi connectivity index (χ2n) is 6.50. The number of nitrogens with one attached hydrogen (secondary N) is 2. The molecule has 2 amide bonds. The Balaban J connectivity index is 1.57. The second kappa shape index (κ2) is 11.2. The van der Waals surface area contributed by atoms with E-state index >= 15 is 0 Å². The zero-order chi connectivity index (χ0) is 22.9. The largest absolute Gasteiger partial charge is 0.493 e. The first kappa shape index (κ1) is 23.1. The monoisotopic (exact) mass is 471 g/mol. The predicted octanol–water partition coefficient (Wildman–Crippen LogP) is 4.67. The molecule has 32 heavy (non-hydrogen) atoms. The molecular formula is C23H19Cl2N3O4. The first-order valence-corrected chi connectivity index (χ1v) is 10.2. The Morgan fingerprint density at radius 1 is 0.938 bits per heavy atom. The average molecular weight is 472 g/mol. The summed E-state index contributed by atoms with van der Waals surface area (Å²) < 4.78 is 11.2. The highest BCUT2D eigenvalue weighted by Gasteiger charge is 2.13. The standard InChI is InChI=1S/C23H19Cl2N3O4/c1-31-21-9-16(7-8-20(21)32-14-15-5-3-2-4-6-15)13-26-28-23(30)22(29)27-19-11-17(24)10-18(25)12-19/h2-13H,14H2,1H3,(H,27,29)(H,28,30)/b26-13-. The van der Waals surface area contributed by atoms with Gasteiger partial charge in [-0.15, -0.1) is 0 Å². The van der Waals surface area contributed by atoms with Gasteiger partial charge in [0.2, 0.25) is 0 Å². The maximum atomic E-state index is 12.0. The van der Waals surface area contributed by atoms with E-state index in [4.69, 9.17) is 32.7 Å². The summed E-state index contributed by atoms with van der Waals surface area (Å²) in [5, 5.41) is 6.86. The van der Waals surface area contributed by atoms with Crippen LogP contribution in [-0.4, -0.2) is 25.1 Å². The lowest BCUT2D eigenvalue weighted by molar-refractivity contribution is -0.136. The number of methoxy groups -OCH3 is 1. The molecule has 0 atom stereocenters. The summed E-state index contributed by atoms with van der Waals surface area (Å²) in [6.45, 7) is 0.396. The van der Waals surface area contributed by atoms with Crippen molar-refractivity contribution in [2.24, 2.45) is 5.10 Å². The highest BCUT2D eigenvalue weighted by atomic mass is 35.5. The Labute approximate surface area is 194 Å². The quantitative estimate of drug-likeness (QED) is 0.297. The lowest BCUT2D eigenvalue weighted by Gasteiger charge is -2.11. The van der Waals surface area contributed by atoms with Crippen molar-refractivity contribution in [2.45, 2.75) is 6.61 Å². The van der Waals surface area contributed by atoms with Crippen molar-refractivity contribution in [1.29, 1.82) is 0 Å². The van der Waals surface area contributed by atoms with Crippen LogP contribution in [0, 0.1) is 0 Å². The molecule has 0 heterocycles. The number of rotatable bonds is 7. The van der Waals surface area contributed by atoms with Crippen molar-refractivity contribution in [3.05, 3.63) is 87.9 Å². The molecule has 0 unspecified atom stereocenters. The molecule has 0 aliphatic heterocycles. The molecule has 9 heteroatoms. The topological polar surface area (TPSA) is 89.0 Å². The van der Waals surface area contributed by atoms with Gasteiger partial charge in [0.25, 0.3) is 0 Å². The number of benzene rings is 3. The van der Waals surface area contributed by atoms with Gasteiger partial charge < -0.3 is 14.8 Å². The number of hydrazone groups is 1. The van der Waals surface area contributed by atoms with Crippen molar-refractivity contribution in [3.63, 3.8) is 0 Å². The van der Waals surface area contributed by atoms with Crippen LogP contribution in [0.5, 0.6) is 11.5 Å². The number of nitrogens with zero attached hydrogens (tertiary/aromatic N) is 1. The molecule has 0 aromatic heterocycles. The van der Waals surface area contributed by atoms with Crippen LogP contribution in [0.1, 0.15) is 11.1 Å². The molecule has 3 rings (SSSR count). The fourth-order valence-electron chi connectivity index (χ4n) is 2.65. The Bertz CT molecular complexity index is 1120. The second-order valence-corrected chi connectivity index (χ2v) is 7.37. The molecule has 0 fully saturated rings. The molecule has 0 bridgehead atoms. The molecule has 164 valence electrons. The summed E-state index contributed by atoms with van der Waals surface area (Å²) in [6.07, 6.45) is 1.38. The van der Waals surface area contributed by atoms with E-state index in [0.717, 1.165) is 5.56 Å². The molecule has 3 aromatic rings. The third-order valence-electron chi connectivity index (χ3n) is 4.13. The van der Waals surface area contributed by atoms with Gasteiger partial charge in [-0.2, -0.15) is 5.10 Å². The molecule has 0 saturated heterocycles. The van der Waals surface area contributed by atoms with Crippen molar-refractivity contribution in [1.82, 2.24) is 5.43 Å². The van der Waals surface area contributed by atoms with E-state index in [1.807, 2.05) is 30.3 Å². The van der Waals surface area contributed by atoms with E-state index in [0.29, 0.717) is 39.4 Å². The van der Waals surface area contributed by atoms with E-state index in [9.17, 15) is 9.59 Å². The summed E-state index contributed by atoms with van der Waals surface area (Å²) in [6, 6.07) is 19.4. The van der Waals surface area contributed by atoms with Crippen LogP contribution in [0.3, 0.4) is 0 Å². The molecule has 0 radical (unpaired) electrons. The SMILES string of the molecule is COc1cc(/C=N\NC(=O)C(=O)Nc2cc(Cl)cc(Cl)c2)ccc1OCc1ccccc1. The van der Waals surface area contributed by atoms with Crippen LogP contribution in [0.2, 0.25) is 10.0 Å². The smallest absolute Gasteiger partial charge is 0.329 e. The van der Waals surface area contributed by atoms with E-state index in [2.05, 4.69) is 15.8 Å². The minimum atomic E-state index is -0.952. The van der Waals surface area contributed by atoms with Gasteiger partial charge in [-0.25, -0.2) is 5.43 Å². The first-order chi connectivity index (χ1) is 15.4. The molecule has 0 aliphatic rings. The van der Waals surface area contributed by atoms with Crippen LogP contribution in [0.15, 0.2) is 71.8 Å². The highest BCUT2D eigenvalue weighted by Crippen LogP contribution is 2.28. The van der Waals surface area contributed by atoms with Crippen molar-refractivity contribution < 1.29 is 19.1 Å². The highest BCUT2D eigenvalue weighted by molar-refractivity contribution is 6.40. The van der Waals surface area contributed by atoms with Gasteiger partial charge in [0.05, 0.1) is 13.3 Å². The van der Waals surface area contributed by atoms with Gasteiger partial charge in [-0.3, -0.25) is 9.59 Å². The maximum absolute atomic E-state index is 12.0. The summed E-state index contributed by atoms with van der Waals surface area (Å²) in [5.41, 5.74) is 4.12. The molecule has 7 nitrogen and oxygen atoms in total. The molecular weight excluding hydrogens is 453 g/mol. The van der Waals surface area contributed by atoms with E-state index in [1.165, 1.54) is 31.5 Å². The Kier molecular flexibility index (Phi) is 8.08. The van der Waals surface area contributed by atoms with Crippen LogP contribution in [0.25, 0.3) is 0 Å². The Morgan fingerprint density at radius 3 is 2.34 bits per heavy atom. The zero-order valence-electron chi connectivity index (χ0n) is 17.0.